The summed E-state index contributed by atoms with van der Waals surface area (Å²) in [6.45, 7) is 0.285. The van der Waals surface area contributed by atoms with Crippen molar-refractivity contribution in [2.45, 2.75) is 57.5 Å². The Hall–Kier alpha value is -4.11. The van der Waals surface area contributed by atoms with Crippen LogP contribution >= 0.6 is 11.6 Å². The minimum Gasteiger partial charge on any atom is -0.466 e. The summed E-state index contributed by atoms with van der Waals surface area (Å²) in [4.78, 5) is 37.4. The number of esters is 1. The van der Waals surface area contributed by atoms with Gasteiger partial charge in [0, 0.05) is 18.7 Å². The lowest BCUT2D eigenvalue weighted by atomic mass is 9.86. The number of alkyl halides is 3. The molecule has 1 saturated carbocycles. The molecular weight excluding hydrogens is 631 g/mol. The van der Waals surface area contributed by atoms with Crippen LogP contribution in [0.1, 0.15) is 71.9 Å². The number of benzene rings is 2. The van der Waals surface area contributed by atoms with E-state index in [1.54, 1.807) is 6.92 Å². The van der Waals surface area contributed by atoms with Gasteiger partial charge in [-0.2, -0.15) is 18.3 Å². The van der Waals surface area contributed by atoms with Crippen LogP contribution in [0.3, 0.4) is 0 Å². The van der Waals surface area contributed by atoms with E-state index >= 15 is 0 Å². The van der Waals surface area contributed by atoms with Crippen molar-refractivity contribution < 1.29 is 46.3 Å². The Morgan fingerprint density at radius 3 is 2.40 bits per heavy atom. The van der Waals surface area contributed by atoms with Gasteiger partial charge in [-0.15, -0.1) is 0 Å². The molecule has 45 heavy (non-hydrogen) atoms. The highest BCUT2D eigenvalue weighted by Crippen LogP contribution is 2.40. The van der Waals surface area contributed by atoms with Crippen LogP contribution in [0.4, 0.5) is 27.6 Å². The zero-order chi connectivity index (χ0) is 33.1. The molecule has 1 N–H and O–H groups in total. The highest BCUT2D eigenvalue weighted by molar-refractivity contribution is 6.31. The number of amides is 1. The molecule has 0 bridgehead atoms. The summed E-state index contributed by atoms with van der Waals surface area (Å²) < 4.78 is 77.3. The van der Waals surface area contributed by atoms with Crippen molar-refractivity contribution in [2.75, 3.05) is 13.2 Å². The lowest BCUT2D eigenvalue weighted by Crippen LogP contribution is -2.36. The molecule has 0 aliphatic heterocycles. The molecule has 3 aromatic rings. The second kappa shape index (κ2) is 13.9. The van der Waals surface area contributed by atoms with Crippen LogP contribution in [-0.4, -0.2) is 49.7 Å². The number of ether oxygens (including phenoxy) is 1. The number of carbonyl (C=O) groups is 2. The largest absolute Gasteiger partial charge is 0.466 e. The molecule has 1 atom stereocenters. The number of aliphatic hydroxyl groups excluding tert-OH is 1. The number of aliphatic hydroxyl groups is 1. The van der Waals surface area contributed by atoms with Gasteiger partial charge < -0.3 is 14.7 Å². The molecule has 0 saturated heterocycles. The van der Waals surface area contributed by atoms with Crippen molar-refractivity contribution >= 4 is 29.2 Å². The average molecular weight is 659 g/mol. The fourth-order valence-electron chi connectivity index (χ4n) is 5.52. The van der Waals surface area contributed by atoms with Crippen molar-refractivity contribution in [1.29, 1.82) is 0 Å². The number of nitro groups is 1. The van der Waals surface area contributed by atoms with Crippen LogP contribution < -0.4 is 0 Å². The quantitative estimate of drug-likeness (QED) is 0.115. The molecule has 1 heterocycles. The molecule has 16 heteroatoms. The van der Waals surface area contributed by atoms with Gasteiger partial charge in [-0.1, -0.05) is 17.7 Å². The van der Waals surface area contributed by atoms with E-state index in [2.05, 4.69) is 5.10 Å². The number of nitrogens with zero attached hydrogens (tertiary/aromatic N) is 4. The maximum absolute atomic E-state index is 14.5. The Labute approximate surface area is 258 Å². The lowest BCUT2D eigenvalue weighted by Gasteiger charge is -2.29. The molecule has 1 aliphatic rings. The zero-order valence-corrected chi connectivity index (χ0v) is 24.5. The van der Waals surface area contributed by atoms with Gasteiger partial charge in [0.25, 0.3) is 11.6 Å². The van der Waals surface area contributed by atoms with Crippen LogP contribution in [0, 0.1) is 27.7 Å². The number of halogens is 6. The average Bonchev–Trinajstić information content (AvgIpc) is 3.42. The predicted octanol–water partition coefficient (Wildman–Crippen LogP) is 6.41. The van der Waals surface area contributed by atoms with Gasteiger partial charge in [0.15, 0.2) is 5.69 Å². The Balaban J connectivity index is 1.71. The maximum Gasteiger partial charge on any atom is 0.433 e. The zero-order valence-electron chi connectivity index (χ0n) is 23.8. The molecule has 1 aliphatic carbocycles. The summed E-state index contributed by atoms with van der Waals surface area (Å²) in [5.74, 6) is -4.29. The number of hydrogen-bond acceptors (Lipinski definition) is 7. The molecule has 1 aromatic heterocycles. The normalized spacial score (nSPS) is 17.5. The minimum atomic E-state index is -5.09. The SMILES string of the molecule is CCOC(=O)[C@H]1CC[C@H](n2ncc(C(=O)N(Cc3cc(F)cc(F)c3)CC(O)c3c(Cl)cccc3[N+](=O)[O-])c2C(F)(F)F)CC1. The fourth-order valence-corrected chi connectivity index (χ4v) is 5.82. The molecule has 242 valence electrons. The predicted molar refractivity (Wildman–Crippen MR) is 149 cm³/mol. The van der Waals surface area contributed by atoms with Gasteiger partial charge in [0.2, 0.25) is 0 Å². The standard InChI is InChI=1S/C29H28ClF5N4O6/c1-2-45-28(42)17-6-8-20(9-7-17)38-26(29(33,34)35)21(13-36-38)27(41)37(14-16-10-18(31)12-19(32)11-16)15-24(40)25-22(30)4-3-5-23(25)39(43)44/h3-5,10-13,17,20,24,40H,2,6-9,14-15H2,1H3/t17-,20-,24?. The first-order valence-corrected chi connectivity index (χ1v) is 14.2. The third-order valence-electron chi connectivity index (χ3n) is 7.49. The summed E-state index contributed by atoms with van der Waals surface area (Å²) in [5.41, 5.74) is -3.48. The first kappa shape index (κ1) is 33.8. The third kappa shape index (κ3) is 7.76. The van der Waals surface area contributed by atoms with Crippen molar-refractivity contribution in [3.8, 4) is 0 Å². The minimum absolute atomic E-state index is 0.142. The third-order valence-corrected chi connectivity index (χ3v) is 7.82. The first-order chi connectivity index (χ1) is 21.2. The molecule has 2 aromatic carbocycles. The Morgan fingerprint density at radius 2 is 1.82 bits per heavy atom. The van der Waals surface area contributed by atoms with Crippen molar-refractivity contribution in [3.63, 3.8) is 0 Å². The van der Waals surface area contributed by atoms with E-state index in [-0.39, 0.29) is 42.9 Å². The van der Waals surface area contributed by atoms with Gasteiger partial charge >= 0.3 is 12.1 Å². The number of nitro benzene ring substituents is 1. The number of hydrogen-bond donors (Lipinski definition) is 1. The van der Waals surface area contributed by atoms with E-state index in [1.165, 1.54) is 12.1 Å². The molecule has 4 rings (SSSR count). The van der Waals surface area contributed by atoms with Gasteiger partial charge in [-0.3, -0.25) is 24.4 Å². The second-order valence-electron chi connectivity index (χ2n) is 10.5. The number of aromatic nitrogens is 2. The van der Waals surface area contributed by atoms with E-state index in [4.69, 9.17) is 16.3 Å². The van der Waals surface area contributed by atoms with E-state index < -0.39 is 88.3 Å². The second-order valence-corrected chi connectivity index (χ2v) is 10.9. The summed E-state index contributed by atoms with van der Waals surface area (Å²) in [7, 11) is 0. The van der Waals surface area contributed by atoms with Crippen LogP contribution in [0.2, 0.25) is 5.02 Å². The Kier molecular flexibility index (Phi) is 10.4. The molecule has 1 amide bonds. The molecular formula is C29H28ClF5N4O6. The van der Waals surface area contributed by atoms with Gasteiger partial charge in [-0.25, -0.2) is 8.78 Å². The van der Waals surface area contributed by atoms with Gasteiger partial charge in [0.1, 0.15) is 17.7 Å². The van der Waals surface area contributed by atoms with Crippen molar-refractivity contribution in [2.24, 2.45) is 5.92 Å². The highest BCUT2D eigenvalue weighted by Gasteiger charge is 2.43. The fraction of sp³-hybridized carbons (Fsp3) is 0.414. The Bertz CT molecular complexity index is 1550. The van der Waals surface area contributed by atoms with E-state index in [1.807, 2.05) is 0 Å². The number of rotatable bonds is 10. The van der Waals surface area contributed by atoms with Crippen LogP contribution in [0.5, 0.6) is 0 Å². The van der Waals surface area contributed by atoms with Crippen LogP contribution in [0.15, 0.2) is 42.6 Å². The topological polar surface area (TPSA) is 128 Å². The molecule has 10 nitrogen and oxygen atoms in total. The van der Waals surface area contributed by atoms with Crippen molar-refractivity contribution in [1.82, 2.24) is 14.7 Å². The molecule has 1 fully saturated rings. The van der Waals surface area contributed by atoms with Crippen LogP contribution in [-0.2, 0) is 22.3 Å². The Morgan fingerprint density at radius 1 is 1.18 bits per heavy atom. The molecule has 0 spiro atoms. The highest BCUT2D eigenvalue weighted by atomic mass is 35.5. The summed E-state index contributed by atoms with van der Waals surface area (Å²) in [5, 5.41) is 26.2. The van der Waals surface area contributed by atoms with Crippen molar-refractivity contribution in [3.05, 3.63) is 91.8 Å². The van der Waals surface area contributed by atoms with Gasteiger partial charge in [0.05, 0.1) is 52.4 Å². The summed E-state index contributed by atoms with van der Waals surface area (Å²) in [6.07, 6.45) is -5.49. The maximum atomic E-state index is 14.5. The molecule has 0 radical (unpaired) electrons. The van der Waals surface area contributed by atoms with Crippen LogP contribution in [0.25, 0.3) is 0 Å². The first-order valence-electron chi connectivity index (χ1n) is 13.9. The van der Waals surface area contributed by atoms with E-state index in [9.17, 15) is 46.8 Å². The molecule has 1 unspecified atom stereocenters. The smallest absolute Gasteiger partial charge is 0.433 e. The lowest BCUT2D eigenvalue weighted by molar-refractivity contribution is -0.386. The summed E-state index contributed by atoms with van der Waals surface area (Å²) in [6, 6.07) is 4.98. The monoisotopic (exact) mass is 658 g/mol. The van der Waals surface area contributed by atoms with E-state index in [0.717, 1.165) is 18.2 Å². The summed E-state index contributed by atoms with van der Waals surface area (Å²) >= 11 is 6.11. The number of carbonyl (C=O) groups excluding carboxylic acids is 2. The van der Waals surface area contributed by atoms with E-state index in [0.29, 0.717) is 21.8 Å². The van der Waals surface area contributed by atoms with Gasteiger partial charge in [-0.05, 0) is 56.4 Å².